The molecule has 1 saturated heterocycles. The molecule has 1 aliphatic carbocycles. The third-order valence-electron chi connectivity index (χ3n) is 10.2. The van der Waals surface area contributed by atoms with Gasteiger partial charge in [-0.05, 0) is 75.8 Å². The number of hydrazine groups is 1. The molecule has 1 saturated carbocycles. The average Bonchev–Trinajstić information content (AvgIpc) is 3.60. The number of thiazole rings is 1. The monoisotopic (exact) mass is 818 g/mol. The summed E-state index contributed by atoms with van der Waals surface area (Å²) in [5.41, 5.74) is 7.31. The van der Waals surface area contributed by atoms with E-state index in [2.05, 4.69) is 60.3 Å². The van der Waals surface area contributed by atoms with Crippen LogP contribution in [0.15, 0.2) is 41.9 Å². The minimum Gasteiger partial charge on any atom is -0.464 e. The fourth-order valence-corrected chi connectivity index (χ4v) is 8.04. The summed E-state index contributed by atoms with van der Waals surface area (Å²) >= 11 is 1.39. The van der Waals surface area contributed by atoms with Crippen LogP contribution >= 0.6 is 51.8 Å². The number of carbonyl (C=O) groups is 3. The number of cyclic esters (lactones) is 1. The van der Waals surface area contributed by atoms with Gasteiger partial charge in [0.2, 0.25) is 0 Å². The smallest absolute Gasteiger partial charge is 0.324 e. The molecule has 0 radical (unpaired) electrons. The topological polar surface area (TPSA) is 128 Å². The second kappa shape index (κ2) is 17.3. The maximum absolute atomic E-state index is 14.8. The molecule has 1 aromatic carbocycles. The highest BCUT2D eigenvalue weighted by Crippen LogP contribution is 2.42. The summed E-state index contributed by atoms with van der Waals surface area (Å²) in [6.07, 6.45) is 3.54. The number of methoxy groups -OCH3 is 1. The van der Waals surface area contributed by atoms with E-state index in [1.807, 2.05) is 18.4 Å². The SMILES string of the molecule is CCn1c(-c2cccnc2[C@H](C)OC)c2c3cc(ccc31)-c1csc(n1)C[C@H](NC(=O)C1(F)CC1)C(=O)N1CCC[C@H](N1)C(=O)OCC(C)(C)C2.S.S.S. The number of amides is 2. The van der Waals surface area contributed by atoms with Crippen molar-refractivity contribution in [2.45, 2.75) is 96.6 Å². The lowest BCUT2D eigenvalue weighted by Gasteiger charge is -2.35. The summed E-state index contributed by atoms with van der Waals surface area (Å²) in [7, 11) is 1.68. The van der Waals surface area contributed by atoms with Gasteiger partial charge in [0.15, 0.2) is 5.67 Å². The third-order valence-corrected chi connectivity index (χ3v) is 11.1. The Morgan fingerprint density at radius 3 is 2.67 bits per heavy atom. The Kier molecular flexibility index (Phi) is 14.0. The molecule has 5 heterocycles. The lowest BCUT2D eigenvalue weighted by atomic mass is 9.84. The number of carbonyl (C=O) groups excluding carboxylic acids is 3. The summed E-state index contributed by atoms with van der Waals surface area (Å²) < 4.78 is 28.9. The van der Waals surface area contributed by atoms with Crippen LogP contribution in [0.5, 0.6) is 0 Å². The number of fused-ring (bicyclic) bond motifs is 6. The van der Waals surface area contributed by atoms with E-state index < -0.39 is 41.0 Å². The summed E-state index contributed by atoms with van der Waals surface area (Å²) in [5.74, 6) is -1.68. The molecule has 11 nitrogen and oxygen atoms in total. The van der Waals surface area contributed by atoms with Crippen molar-refractivity contribution in [3.05, 3.63) is 58.2 Å². The maximum Gasteiger partial charge on any atom is 0.324 e. The van der Waals surface area contributed by atoms with E-state index in [1.165, 1.54) is 16.3 Å². The first-order chi connectivity index (χ1) is 24.4. The van der Waals surface area contributed by atoms with Crippen molar-refractivity contribution in [2.24, 2.45) is 5.41 Å². The molecule has 4 aromatic rings. The van der Waals surface area contributed by atoms with Crippen molar-refractivity contribution in [1.82, 2.24) is 30.3 Å². The predicted molar refractivity (Wildman–Crippen MR) is 224 cm³/mol. The quantitative estimate of drug-likeness (QED) is 0.226. The van der Waals surface area contributed by atoms with Crippen LogP contribution in [0.3, 0.4) is 0 Å². The van der Waals surface area contributed by atoms with Crippen LogP contribution in [0.2, 0.25) is 0 Å². The number of aryl methyl sites for hydroxylation is 1. The van der Waals surface area contributed by atoms with Crippen molar-refractivity contribution in [1.29, 1.82) is 0 Å². The first-order valence-corrected chi connectivity index (χ1v) is 18.6. The molecule has 0 unspecified atom stereocenters. The van der Waals surface area contributed by atoms with E-state index in [9.17, 15) is 18.8 Å². The van der Waals surface area contributed by atoms with Gasteiger partial charge < -0.3 is 19.4 Å². The molecule has 2 fully saturated rings. The minimum absolute atomic E-state index is 0. The maximum atomic E-state index is 14.8. The van der Waals surface area contributed by atoms with Gasteiger partial charge in [0.1, 0.15) is 12.1 Å². The number of hydrogen-bond acceptors (Lipinski definition) is 9. The number of esters is 1. The fourth-order valence-electron chi connectivity index (χ4n) is 7.19. The van der Waals surface area contributed by atoms with Gasteiger partial charge in [-0.2, -0.15) is 40.5 Å². The summed E-state index contributed by atoms with van der Waals surface area (Å²) in [6, 6.07) is 8.55. The molecule has 7 rings (SSSR count). The molecular weight excluding hydrogens is 768 g/mol. The Bertz CT molecular complexity index is 2000. The van der Waals surface area contributed by atoms with Crippen LogP contribution < -0.4 is 10.7 Å². The van der Waals surface area contributed by atoms with E-state index >= 15 is 0 Å². The van der Waals surface area contributed by atoms with Gasteiger partial charge in [-0.15, -0.1) is 11.3 Å². The molecule has 2 N–H and O–H groups in total. The van der Waals surface area contributed by atoms with Crippen molar-refractivity contribution >= 4 is 80.5 Å². The molecule has 54 heavy (non-hydrogen) atoms. The minimum atomic E-state index is -1.95. The molecule has 0 spiro atoms. The second-order valence-electron chi connectivity index (χ2n) is 14.7. The lowest BCUT2D eigenvalue weighted by molar-refractivity contribution is -0.155. The van der Waals surface area contributed by atoms with Gasteiger partial charge in [-0.3, -0.25) is 24.4 Å². The number of benzene rings is 1. The highest BCUT2D eigenvalue weighted by molar-refractivity contribution is 7.59. The Hall–Kier alpha value is -3.15. The molecule has 3 aromatic heterocycles. The summed E-state index contributed by atoms with van der Waals surface area (Å²) in [4.78, 5) is 50.0. The number of aromatic nitrogens is 3. The highest BCUT2D eigenvalue weighted by atomic mass is 32.1. The van der Waals surface area contributed by atoms with Crippen LogP contribution in [0.1, 0.15) is 75.7 Å². The van der Waals surface area contributed by atoms with E-state index in [-0.39, 0.29) is 72.5 Å². The van der Waals surface area contributed by atoms with Crippen LogP contribution in [0.25, 0.3) is 33.4 Å². The number of alkyl halides is 1. The normalized spacial score (nSPS) is 21.0. The number of halogens is 1. The number of nitrogens with one attached hydrogen (secondary N) is 2. The Labute approximate surface area is 340 Å². The molecule has 6 bridgehead atoms. The molecule has 3 aliphatic rings. The van der Waals surface area contributed by atoms with Crippen molar-refractivity contribution in [3.63, 3.8) is 0 Å². The number of ether oxygens (including phenoxy) is 2. The largest absolute Gasteiger partial charge is 0.464 e. The van der Waals surface area contributed by atoms with Gasteiger partial charge in [0.25, 0.3) is 11.8 Å². The summed E-state index contributed by atoms with van der Waals surface area (Å²) in [5, 5.41) is 7.68. The Morgan fingerprint density at radius 2 is 1.96 bits per heavy atom. The van der Waals surface area contributed by atoms with Gasteiger partial charge >= 0.3 is 5.97 Å². The first kappa shape index (κ1) is 43.6. The van der Waals surface area contributed by atoms with E-state index in [1.54, 1.807) is 13.3 Å². The predicted octanol–water partition coefficient (Wildman–Crippen LogP) is 6.04. The van der Waals surface area contributed by atoms with Gasteiger partial charge in [-0.25, -0.2) is 14.8 Å². The number of nitrogens with zero attached hydrogens (tertiary/aromatic N) is 4. The van der Waals surface area contributed by atoms with E-state index in [4.69, 9.17) is 19.4 Å². The van der Waals surface area contributed by atoms with Gasteiger partial charge in [-0.1, -0.05) is 19.9 Å². The zero-order valence-electron chi connectivity index (χ0n) is 31.3. The van der Waals surface area contributed by atoms with E-state index in [0.717, 1.165) is 44.7 Å². The first-order valence-electron chi connectivity index (χ1n) is 17.7. The number of rotatable bonds is 6. The standard InChI is InChI=1S/C38H45FN6O5S.3H2S/c1-6-44-30-12-11-23-17-25(30)26(33(44)24-9-7-15-40-32(24)22(2)49-5)19-37(3,4)21-50-35(47)27-10-8-16-45(43-27)34(46)28(18-31-41-29(23)20-51-31)42-36(48)38(39)13-14-38;;;/h7,9,11-12,15,17,20,22,27-28,43H,6,8,10,13-14,16,18-19,21H2,1-5H3,(H,42,48);3*1H2/t22-,27-,28-;;;/m0.../s1. The molecule has 2 amide bonds. The summed E-state index contributed by atoms with van der Waals surface area (Å²) in [6.45, 7) is 9.49. The van der Waals surface area contributed by atoms with Crippen LogP contribution in [-0.4, -0.2) is 75.3 Å². The average molecular weight is 819 g/mol. The molecule has 16 heteroatoms. The Morgan fingerprint density at radius 1 is 1.20 bits per heavy atom. The zero-order chi connectivity index (χ0) is 36.1. The van der Waals surface area contributed by atoms with Crippen LogP contribution in [0.4, 0.5) is 4.39 Å². The third kappa shape index (κ3) is 8.63. The molecule has 2 aliphatic heterocycles. The van der Waals surface area contributed by atoms with Gasteiger partial charge in [0.05, 0.1) is 34.8 Å². The van der Waals surface area contributed by atoms with E-state index in [0.29, 0.717) is 37.4 Å². The number of pyridine rings is 1. The van der Waals surface area contributed by atoms with Crippen LogP contribution in [-0.2, 0) is 43.2 Å². The molecule has 3 atom stereocenters. The van der Waals surface area contributed by atoms with Crippen molar-refractivity contribution in [2.75, 3.05) is 20.3 Å². The zero-order valence-corrected chi connectivity index (χ0v) is 35.1. The highest BCUT2D eigenvalue weighted by Gasteiger charge is 2.52. The molecule has 294 valence electrons. The lowest BCUT2D eigenvalue weighted by Crippen LogP contribution is -2.61. The second-order valence-corrected chi connectivity index (χ2v) is 15.6. The fraction of sp³-hybridized carbons (Fsp3) is 0.500. The molecular formula is C38H51FN6O5S4. The van der Waals surface area contributed by atoms with Gasteiger partial charge in [0, 0.05) is 65.6 Å². The van der Waals surface area contributed by atoms with Crippen LogP contribution in [0, 0.1) is 5.41 Å². The Balaban J connectivity index is 0.00000217. The van der Waals surface area contributed by atoms with Crippen molar-refractivity contribution in [3.8, 4) is 22.5 Å². The number of hydrogen-bond donors (Lipinski definition) is 2. The van der Waals surface area contributed by atoms with Crippen molar-refractivity contribution < 1.29 is 28.2 Å².